The van der Waals surface area contributed by atoms with Gasteiger partial charge in [-0.05, 0) is 0 Å². The number of piperidine rings is 1. The average Bonchev–Trinajstić information content (AvgIpc) is 2.52. The quantitative estimate of drug-likeness (QED) is 0.573. The van der Waals surface area contributed by atoms with Gasteiger partial charge in [-0.3, -0.25) is 4.79 Å². The van der Waals surface area contributed by atoms with E-state index in [1.165, 1.54) is 7.11 Å². The lowest BCUT2D eigenvalue weighted by atomic mass is 10.2. The fourth-order valence-electron chi connectivity index (χ4n) is 1.87. The Kier molecular flexibility index (Phi) is 1.42. The summed E-state index contributed by atoms with van der Waals surface area (Å²) >= 11 is 0. The molecular weight excluding hydrogens is 168 g/mol. The van der Waals surface area contributed by atoms with Crippen LogP contribution in [0.4, 0.5) is 8.78 Å². The Morgan fingerprint density at radius 1 is 1.67 bits per heavy atom. The van der Waals surface area contributed by atoms with Crippen LogP contribution in [0.2, 0.25) is 0 Å². The van der Waals surface area contributed by atoms with E-state index < -0.39 is 29.8 Å². The molecule has 1 saturated heterocycles. The normalized spacial score (nSPS) is 42.1. The molecule has 2 aliphatic rings. The van der Waals surface area contributed by atoms with Crippen molar-refractivity contribution in [1.82, 2.24) is 5.32 Å². The van der Waals surface area contributed by atoms with Crippen molar-refractivity contribution >= 4 is 5.97 Å². The zero-order valence-corrected chi connectivity index (χ0v) is 6.51. The number of ether oxygens (including phenoxy) is 1. The van der Waals surface area contributed by atoms with Gasteiger partial charge in [0, 0.05) is 12.5 Å². The van der Waals surface area contributed by atoms with Crippen LogP contribution in [0.3, 0.4) is 0 Å². The number of nitrogens with one attached hydrogen (secondary N) is 1. The maximum absolute atomic E-state index is 12.7. The highest BCUT2D eigenvalue weighted by atomic mass is 19.3. The minimum atomic E-state index is -2.65. The van der Waals surface area contributed by atoms with Crippen LogP contribution in [0.5, 0.6) is 0 Å². The van der Waals surface area contributed by atoms with Crippen molar-refractivity contribution in [3.63, 3.8) is 0 Å². The zero-order chi connectivity index (χ0) is 8.93. The predicted molar refractivity (Wildman–Crippen MR) is 35.7 cm³/mol. The number of hydrogen-bond donors (Lipinski definition) is 1. The maximum Gasteiger partial charge on any atom is 0.323 e. The Balaban J connectivity index is 2.08. The SMILES string of the molecule is COC(=O)C1NCC2C1C2(F)F. The fraction of sp³-hybridized carbons (Fsp3) is 0.857. The van der Waals surface area contributed by atoms with E-state index in [4.69, 9.17) is 0 Å². The molecule has 3 nitrogen and oxygen atoms in total. The van der Waals surface area contributed by atoms with Crippen LogP contribution in [-0.2, 0) is 9.53 Å². The largest absolute Gasteiger partial charge is 0.468 e. The zero-order valence-electron chi connectivity index (χ0n) is 6.51. The summed E-state index contributed by atoms with van der Waals surface area (Å²) in [6.07, 6.45) is 0. The summed E-state index contributed by atoms with van der Waals surface area (Å²) in [5, 5.41) is 2.71. The summed E-state index contributed by atoms with van der Waals surface area (Å²) in [6, 6.07) is -0.796. The van der Waals surface area contributed by atoms with Gasteiger partial charge < -0.3 is 10.1 Å². The van der Waals surface area contributed by atoms with Gasteiger partial charge in [-0.1, -0.05) is 0 Å². The van der Waals surface area contributed by atoms with Crippen molar-refractivity contribution < 1.29 is 18.3 Å². The van der Waals surface area contributed by atoms with Crippen LogP contribution in [0, 0.1) is 11.8 Å². The lowest BCUT2D eigenvalue weighted by molar-refractivity contribution is -0.144. The number of carbonyl (C=O) groups excluding carboxylic acids is 1. The van der Waals surface area contributed by atoms with Crippen LogP contribution in [0.1, 0.15) is 0 Å². The number of hydrogen-bond acceptors (Lipinski definition) is 3. The van der Waals surface area contributed by atoms with Crippen molar-refractivity contribution in [2.24, 2.45) is 11.8 Å². The summed E-state index contributed by atoms with van der Waals surface area (Å²) in [4.78, 5) is 10.9. The molecule has 3 atom stereocenters. The maximum atomic E-state index is 12.7. The lowest BCUT2D eigenvalue weighted by Gasteiger charge is -2.12. The Labute approximate surface area is 68.1 Å². The Morgan fingerprint density at radius 2 is 2.33 bits per heavy atom. The van der Waals surface area contributed by atoms with Crippen LogP contribution in [0.15, 0.2) is 0 Å². The molecular formula is C7H9F2NO2. The Morgan fingerprint density at radius 3 is 2.75 bits per heavy atom. The van der Waals surface area contributed by atoms with Crippen LogP contribution < -0.4 is 5.32 Å². The van der Waals surface area contributed by atoms with Crippen molar-refractivity contribution in [1.29, 1.82) is 0 Å². The first kappa shape index (κ1) is 7.91. The minimum absolute atomic E-state index is 0.220. The number of carbonyl (C=O) groups is 1. The number of rotatable bonds is 1. The monoisotopic (exact) mass is 177 g/mol. The molecule has 2 rings (SSSR count). The van der Waals surface area contributed by atoms with E-state index in [2.05, 4.69) is 10.1 Å². The molecule has 68 valence electrons. The molecule has 0 spiro atoms. The van der Waals surface area contributed by atoms with Gasteiger partial charge in [0.1, 0.15) is 6.04 Å². The number of halogens is 2. The molecule has 1 aliphatic heterocycles. The minimum Gasteiger partial charge on any atom is -0.468 e. The third-order valence-corrected chi connectivity index (χ3v) is 2.64. The molecule has 12 heavy (non-hydrogen) atoms. The van der Waals surface area contributed by atoms with E-state index in [1.807, 2.05) is 0 Å². The lowest BCUT2D eigenvalue weighted by Crippen LogP contribution is -2.39. The second-order valence-corrected chi connectivity index (χ2v) is 3.22. The van der Waals surface area contributed by atoms with E-state index in [0.717, 1.165) is 0 Å². The van der Waals surface area contributed by atoms with E-state index in [1.54, 1.807) is 0 Å². The predicted octanol–water partition coefficient (Wildman–Crippen LogP) is 0.0125. The van der Waals surface area contributed by atoms with E-state index >= 15 is 0 Å². The van der Waals surface area contributed by atoms with Crippen molar-refractivity contribution in [2.75, 3.05) is 13.7 Å². The molecule has 0 aromatic heterocycles. The second-order valence-electron chi connectivity index (χ2n) is 3.22. The summed E-state index contributed by atoms with van der Waals surface area (Å²) < 4.78 is 29.9. The van der Waals surface area contributed by atoms with Crippen LogP contribution in [-0.4, -0.2) is 31.6 Å². The number of alkyl halides is 2. The van der Waals surface area contributed by atoms with Gasteiger partial charge in [0.15, 0.2) is 0 Å². The molecule has 1 heterocycles. The van der Waals surface area contributed by atoms with Crippen molar-refractivity contribution in [3.05, 3.63) is 0 Å². The van der Waals surface area contributed by atoms with E-state index in [9.17, 15) is 13.6 Å². The van der Waals surface area contributed by atoms with Gasteiger partial charge >= 0.3 is 5.97 Å². The second kappa shape index (κ2) is 2.16. The first-order valence-corrected chi connectivity index (χ1v) is 3.78. The highest BCUT2D eigenvalue weighted by Crippen LogP contribution is 2.59. The van der Waals surface area contributed by atoms with Gasteiger partial charge in [-0.2, -0.15) is 0 Å². The summed E-state index contributed by atoms with van der Waals surface area (Å²) in [5.41, 5.74) is 0. The molecule has 1 saturated carbocycles. The molecule has 0 radical (unpaired) electrons. The smallest absolute Gasteiger partial charge is 0.323 e. The standard InChI is InChI=1S/C7H9F2NO2/c1-12-6(11)5-4-3(2-10-5)7(4,8)9/h3-5,10H,2H2,1H3. The first-order valence-electron chi connectivity index (χ1n) is 3.78. The van der Waals surface area contributed by atoms with Crippen molar-refractivity contribution in [3.8, 4) is 0 Å². The number of esters is 1. The molecule has 3 unspecified atom stereocenters. The summed E-state index contributed by atoms with van der Waals surface area (Å²) in [6.45, 7) is 0.220. The molecule has 0 aromatic rings. The Bertz CT molecular complexity index is 231. The highest BCUT2D eigenvalue weighted by Gasteiger charge is 2.75. The Hall–Kier alpha value is -0.710. The fourth-order valence-corrected chi connectivity index (χ4v) is 1.87. The van der Waals surface area contributed by atoms with Crippen LogP contribution >= 0.6 is 0 Å². The third-order valence-electron chi connectivity index (χ3n) is 2.64. The van der Waals surface area contributed by atoms with Gasteiger partial charge in [-0.15, -0.1) is 0 Å². The van der Waals surface area contributed by atoms with Gasteiger partial charge in [0.2, 0.25) is 0 Å². The van der Waals surface area contributed by atoms with E-state index in [-0.39, 0.29) is 6.54 Å². The van der Waals surface area contributed by atoms with Gasteiger partial charge in [0.25, 0.3) is 5.92 Å². The van der Waals surface area contributed by atoms with Gasteiger partial charge in [0.05, 0.1) is 13.0 Å². The van der Waals surface area contributed by atoms with Gasteiger partial charge in [-0.25, -0.2) is 8.78 Å². The molecule has 5 heteroatoms. The topological polar surface area (TPSA) is 38.3 Å². The van der Waals surface area contributed by atoms with E-state index in [0.29, 0.717) is 0 Å². The molecule has 0 amide bonds. The molecule has 1 aliphatic carbocycles. The van der Waals surface area contributed by atoms with Crippen molar-refractivity contribution in [2.45, 2.75) is 12.0 Å². The average molecular weight is 177 g/mol. The molecule has 1 N–H and O–H groups in total. The first-order chi connectivity index (χ1) is 5.59. The molecule has 2 fully saturated rings. The summed E-state index contributed by atoms with van der Waals surface area (Å²) in [5.74, 6) is -4.71. The highest BCUT2D eigenvalue weighted by molar-refractivity contribution is 5.77. The number of fused-ring (bicyclic) bond motifs is 1. The molecule has 0 bridgehead atoms. The molecule has 0 aromatic carbocycles. The summed E-state index contributed by atoms with van der Waals surface area (Å²) in [7, 11) is 1.21. The third kappa shape index (κ3) is 0.798. The number of methoxy groups -OCH3 is 1. The van der Waals surface area contributed by atoms with Crippen LogP contribution in [0.25, 0.3) is 0 Å².